The molecule has 0 aromatic heterocycles. The number of hydrogen-bond acceptors (Lipinski definition) is 4. The molecule has 0 saturated carbocycles. The van der Waals surface area contributed by atoms with E-state index in [0.717, 1.165) is 0 Å². The molecule has 0 spiro atoms. The number of rotatable bonds is 7. The SMILES string of the molecule is CC(C)N1C(=O)COc2ccc(NC(=O)CCCOc3ccc(Cl)cc3Cl)cc21. The molecule has 1 heterocycles. The van der Waals surface area contributed by atoms with Crippen LogP contribution in [-0.2, 0) is 9.59 Å². The molecule has 2 amide bonds. The first-order valence-corrected chi connectivity index (χ1v) is 10.1. The van der Waals surface area contributed by atoms with Crippen LogP contribution < -0.4 is 19.7 Å². The quantitative estimate of drug-likeness (QED) is 0.625. The predicted octanol–water partition coefficient (Wildman–Crippen LogP) is 4.92. The van der Waals surface area contributed by atoms with Crippen molar-refractivity contribution in [2.45, 2.75) is 32.7 Å². The number of amides is 2. The second-order valence-electron chi connectivity index (χ2n) is 6.90. The van der Waals surface area contributed by atoms with Crippen LogP contribution in [0.2, 0.25) is 10.0 Å². The molecule has 0 unspecified atom stereocenters. The number of nitrogens with zero attached hydrogens (tertiary/aromatic N) is 1. The van der Waals surface area contributed by atoms with E-state index in [4.69, 9.17) is 32.7 Å². The van der Waals surface area contributed by atoms with Gasteiger partial charge in [-0.2, -0.15) is 0 Å². The molecule has 1 N–H and O–H groups in total. The minimum atomic E-state index is -0.144. The van der Waals surface area contributed by atoms with Crippen molar-refractivity contribution in [3.8, 4) is 11.5 Å². The van der Waals surface area contributed by atoms with Crippen molar-refractivity contribution in [2.75, 3.05) is 23.4 Å². The number of ether oxygens (including phenoxy) is 2. The van der Waals surface area contributed by atoms with Crippen molar-refractivity contribution in [1.82, 2.24) is 0 Å². The van der Waals surface area contributed by atoms with Gasteiger partial charge in [0.15, 0.2) is 6.61 Å². The van der Waals surface area contributed by atoms with Crippen molar-refractivity contribution >= 4 is 46.4 Å². The maximum Gasteiger partial charge on any atom is 0.265 e. The second-order valence-corrected chi connectivity index (χ2v) is 7.75. The van der Waals surface area contributed by atoms with Gasteiger partial charge in [-0.25, -0.2) is 0 Å². The maximum atomic E-state index is 12.3. The molecule has 1 aliphatic rings. The number of anilines is 2. The summed E-state index contributed by atoms with van der Waals surface area (Å²) < 4.78 is 11.1. The molecule has 1 aliphatic heterocycles. The lowest BCUT2D eigenvalue weighted by Gasteiger charge is -2.32. The molecule has 6 nitrogen and oxygen atoms in total. The number of carbonyl (C=O) groups is 2. The normalized spacial score (nSPS) is 13.1. The summed E-state index contributed by atoms with van der Waals surface area (Å²) in [7, 11) is 0. The zero-order valence-electron chi connectivity index (χ0n) is 16.2. The molecule has 2 aromatic carbocycles. The first-order chi connectivity index (χ1) is 13.8. The summed E-state index contributed by atoms with van der Waals surface area (Å²) in [4.78, 5) is 26.1. The molecule has 3 rings (SSSR count). The Morgan fingerprint density at radius 3 is 2.76 bits per heavy atom. The molecule has 154 valence electrons. The summed E-state index contributed by atoms with van der Waals surface area (Å²) >= 11 is 11.9. The van der Waals surface area contributed by atoms with Crippen LogP contribution >= 0.6 is 23.2 Å². The Morgan fingerprint density at radius 2 is 2.03 bits per heavy atom. The summed E-state index contributed by atoms with van der Waals surface area (Å²) in [6.07, 6.45) is 0.807. The van der Waals surface area contributed by atoms with Gasteiger partial charge in [-0.05, 0) is 56.7 Å². The van der Waals surface area contributed by atoms with E-state index in [-0.39, 0.29) is 30.9 Å². The van der Waals surface area contributed by atoms with E-state index in [1.165, 1.54) is 0 Å². The average Bonchev–Trinajstić information content (AvgIpc) is 2.66. The number of nitrogens with one attached hydrogen (secondary N) is 1. The van der Waals surface area contributed by atoms with Gasteiger partial charge in [0.1, 0.15) is 11.5 Å². The van der Waals surface area contributed by atoms with Gasteiger partial charge < -0.3 is 19.7 Å². The summed E-state index contributed by atoms with van der Waals surface area (Å²) in [5.41, 5.74) is 1.27. The van der Waals surface area contributed by atoms with Crippen LogP contribution in [0.15, 0.2) is 36.4 Å². The van der Waals surface area contributed by atoms with Gasteiger partial charge in [0.05, 0.1) is 17.3 Å². The largest absolute Gasteiger partial charge is 0.492 e. The highest BCUT2D eigenvalue weighted by atomic mass is 35.5. The Morgan fingerprint density at radius 1 is 1.24 bits per heavy atom. The molecule has 0 atom stereocenters. The second kappa shape index (κ2) is 9.37. The van der Waals surface area contributed by atoms with Crippen molar-refractivity contribution in [3.63, 3.8) is 0 Å². The van der Waals surface area contributed by atoms with Crippen LogP contribution in [-0.4, -0.2) is 31.1 Å². The summed E-state index contributed by atoms with van der Waals surface area (Å²) in [5.74, 6) is 0.915. The summed E-state index contributed by atoms with van der Waals surface area (Å²) in [6, 6.07) is 10.3. The fourth-order valence-electron chi connectivity index (χ4n) is 3.05. The Kier molecular flexibility index (Phi) is 6.87. The lowest BCUT2D eigenvalue weighted by Crippen LogP contribution is -2.43. The minimum absolute atomic E-state index is 0.00654. The van der Waals surface area contributed by atoms with Gasteiger partial charge >= 0.3 is 0 Å². The molecule has 29 heavy (non-hydrogen) atoms. The van der Waals surface area contributed by atoms with Crippen LogP contribution in [0.4, 0.5) is 11.4 Å². The smallest absolute Gasteiger partial charge is 0.265 e. The van der Waals surface area contributed by atoms with E-state index in [1.807, 2.05) is 13.8 Å². The minimum Gasteiger partial charge on any atom is -0.492 e. The zero-order valence-corrected chi connectivity index (χ0v) is 17.7. The highest BCUT2D eigenvalue weighted by Crippen LogP contribution is 2.35. The van der Waals surface area contributed by atoms with E-state index >= 15 is 0 Å². The third kappa shape index (κ3) is 5.34. The van der Waals surface area contributed by atoms with Crippen LogP contribution in [0.3, 0.4) is 0 Å². The molecule has 0 aliphatic carbocycles. The molecular weight excluding hydrogens is 415 g/mol. The molecule has 0 bridgehead atoms. The molecule has 0 radical (unpaired) electrons. The lowest BCUT2D eigenvalue weighted by atomic mass is 10.1. The van der Waals surface area contributed by atoms with E-state index < -0.39 is 0 Å². The third-order valence-corrected chi connectivity index (χ3v) is 4.87. The standard InChI is InChI=1S/C21H22Cl2N2O4/c1-13(2)25-17-11-15(6-8-19(17)29-12-21(25)27)24-20(26)4-3-9-28-18-7-5-14(22)10-16(18)23/h5-8,10-11,13H,3-4,9,12H2,1-2H3,(H,24,26). The molecule has 2 aromatic rings. The van der Waals surface area contributed by atoms with E-state index in [0.29, 0.717) is 45.9 Å². The lowest BCUT2D eigenvalue weighted by molar-refractivity contribution is -0.121. The fraction of sp³-hybridized carbons (Fsp3) is 0.333. The maximum absolute atomic E-state index is 12.3. The van der Waals surface area contributed by atoms with Crippen LogP contribution in [0.5, 0.6) is 11.5 Å². The van der Waals surface area contributed by atoms with Gasteiger partial charge in [0, 0.05) is 23.2 Å². The number of fused-ring (bicyclic) bond motifs is 1. The highest BCUT2D eigenvalue weighted by Gasteiger charge is 2.27. The number of benzene rings is 2. The van der Waals surface area contributed by atoms with Crippen molar-refractivity contribution in [1.29, 1.82) is 0 Å². The van der Waals surface area contributed by atoms with Gasteiger partial charge in [-0.15, -0.1) is 0 Å². The Hall–Kier alpha value is -2.44. The predicted molar refractivity (Wildman–Crippen MR) is 114 cm³/mol. The summed E-state index contributed by atoms with van der Waals surface area (Å²) in [5, 5.41) is 3.82. The van der Waals surface area contributed by atoms with Crippen molar-refractivity contribution in [3.05, 3.63) is 46.4 Å². The number of hydrogen-bond donors (Lipinski definition) is 1. The summed E-state index contributed by atoms with van der Waals surface area (Å²) in [6.45, 7) is 4.24. The Balaban J connectivity index is 1.54. The number of halogens is 2. The first kappa shape index (κ1) is 21.3. The van der Waals surface area contributed by atoms with E-state index in [2.05, 4.69) is 5.32 Å². The average molecular weight is 437 g/mol. The molecular formula is C21H22Cl2N2O4. The van der Waals surface area contributed by atoms with Crippen LogP contribution in [0.25, 0.3) is 0 Å². The molecule has 0 fully saturated rings. The van der Waals surface area contributed by atoms with E-state index in [1.54, 1.807) is 41.3 Å². The van der Waals surface area contributed by atoms with Gasteiger partial charge in [-0.1, -0.05) is 23.2 Å². The monoisotopic (exact) mass is 436 g/mol. The van der Waals surface area contributed by atoms with Crippen LogP contribution in [0, 0.1) is 0 Å². The Bertz CT molecular complexity index is 918. The first-order valence-electron chi connectivity index (χ1n) is 9.32. The third-order valence-electron chi connectivity index (χ3n) is 4.34. The van der Waals surface area contributed by atoms with Gasteiger partial charge in [0.2, 0.25) is 5.91 Å². The van der Waals surface area contributed by atoms with Gasteiger partial charge in [-0.3, -0.25) is 9.59 Å². The van der Waals surface area contributed by atoms with Crippen LogP contribution in [0.1, 0.15) is 26.7 Å². The molecule has 0 saturated heterocycles. The highest BCUT2D eigenvalue weighted by molar-refractivity contribution is 6.35. The van der Waals surface area contributed by atoms with E-state index in [9.17, 15) is 9.59 Å². The fourth-order valence-corrected chi connectivity index (χ4v) is 3.51. The Labute approximate surface area is 179 Å². The topological polar surface area (TPSA) is 67.9 Å². The van der Waals surface area contributed by atoms with Gasteiger partial charge in [0.25, 0.3) is 5.91 Å². The van der Waals surface area contributed by atoms with Crippen molar-refractivity contribution in [2.24, 2.45) is 0 Å². The zero-order chi connectivity index (χ0) is 21.0. The van der Waals surface area contributed by atoms with Crippen molar-refractivity contribution < 1.29 is 19.1 Å². The number of carbonyl (C=O) groups excluding carboxylic acids is 2. The molecule has 8 heteroatoms.